The van der Waals surface area contributed by atoms with Gasteiger partial charge in [-0.15, -0.1) is 0 Å². The monoisotopic (exact) mass is 517 g/mol. The molecule has 0 aliphatic carbocycles. The van der Waals surface area contributed by atoms with Gasteiger partial charge in [-0.2, -0.15) is 14.3 Å². The molecule has 3 aromatic rings. The number of rotatable bonds is 8. The zero-order chi connectivity index (χ0) is 23.4. The summed E-state index contributed by atoms with van der Waals surface area (Å²) >= 11 is 3.55. The molecule has 0 saturated carbocycles. The highest BCUT2D eigenvalue weighted by atomic mass is 79.9. The van der Waals surface area contributed by atoms with Crippen molar-refractivity contribution in [3.63, 3.8) is 0 Å². The van der Waals surface area contributed by atoms with E-state index in [1.807, 2.05) is 12.1 Å². The van der Waals surface area contributed by atoms with Crippen LogP contribution in [0, 0.1) is 5.21 Å². The zero-order valence-corrected chi connectivity index (χ0v) is 20.1. The molecule has 0 spiro atoms. The van der Waals surface area contributed by atoms with Gasteiger partial charge in [-0.25, -0.2) is 4.98 Å². The Bertz CT molecular complexity index is 1120. The van der Waals surface area contributed by atoms with Gasteiger partial charge in [-0.05, 0) is 48.2 Å². The lowest BCUT2D eigenvalue weighted by atomic mass is 9.99. The Kier molecular flexibility index (Phi) is 7.29. The number of carbonyl (C=O) groups excluding carboxylic acids is 1. The molecule has 3 N–H and O–H groups in total. The standard InChI is InChI=1S/C22H28BrN7O3/c1-15(24)22(31)33-10-7-17-6-2-3-9-29(17)20-11-19(30-21(27-20)18(23)13-26-30)25-12-16-5-4-8-28(32)14-16/h4-5,8,11,13-15,17,25H,2-3,6-7,9-10,12,24H2,1H3/t15-,17+/m1/s1. The van der Waals surface area contributed by atoms with Crippen molar-refractivity contribution in [2.24, 2.45) is 5.73 Å². The molecular formula is C22H28BrN7O3. The van der Waals surface area contributed by atoms with E-state index < -0.39 is 6.04 Å². The van der Waals surface area contributed by atoms with Crippen LogP contribution in [0.1, 0.15) is 38.2 Å². The van der Waals surface area contributed by atoms with E-state index >= 15 is 0 Å². The van der Waals surface area contributed by atoms with E-state index in [1.54, 1.807) is 23.7 Å². The summed E-state index contributed by atoms with van der Waals surface area (Å²) in [5, 5.41) is 19.4. The van der Waals surface area contributed by atoms with Gasteiger partial charge in [0.2, 0.25) is 0 Å². The third kappa shape index (κ3) is 5.53. The van der Waals surface area contributed by atoms with Gasteiger partial charge in [-0.1, -0.05) is 0 Å². The Morgan fingerprint density at radius 2 is 2.33 bits per heavy atom. The molecule has 3 aromatic heterocycles. The minimum Gasteiger partial charge on any atom is -0.619 e. The molecular weight excluding hydrogens is 490 g/mol. The molecule has 2 atom stereocenters. The minimum atomic E-state index is -0.620. The van der Waals surface area contributed by atoms with E-state index in [1.165, 1.54) is 12.4 Å². The lowest BCUT2D eigenvalue weighted by Gasteiger charge is -2.37. The van der Waals surface area contributed by atoms with Crippen LogP contribution < -0.4 is 20.7 Å². The molecule has 10 nitrogen and oxygen atoms in total. The van der Waals surface area contributed by atoms with Gasteiger partial charge in [0.25, 0.3) is 0 Å². The molecule has 0 radical (unpaired) electrons. The topological polar surface area (TPSA) is 125 Å². The van der Waals surface area contributed by atoms with Crippen LogP contribution in [-0.4, -0.2) is 45.8 Å². The van der Waals surface area contributed by atoms with Gasteiger partial charge in [0.15, 0.2) is 18.0 Å². The van der Waals surface area contributed by atoms with Crippen molar-refractivity contribution in [2.45, 2.75) is 51.2 Å². The number of pyridine rings is 1. The van der Waals surface area contributed by atoms with Crippen molar-refractivity contribution < 1.29 is 14.3 Å². The fourth-order valence-electron chi connectivity index (χ4n) is 4.02. The smallest absolute Gasteiger partial charge is 0.322 e. The van der Waals surface area contributed by atoms with Gasteiger partial charge in [0.05, 0.1) is 17.3 Å². The lowest BCUT2D eigenvalue weighted by molar-refractivity contribution is -0.605. The third-order valence-electron chi connectivity index (χ3n) is 5.71. The maximum absolute atomic E-state index is 11.7. The first-order valence-corrected chi connectivity index (χ1v) is 11.9. The maximum atomic E-state index is 11.7. The molecule has 1 aliphatic heterocycles. The Hall–Kier alpha value is -2.92. The fourth-order valence-corrected chi connectivity index (χ4v) is 4.37. The van der Waals surface area contributed by atoms with Gasteiger partial charge in [-0.3, -0.25) is 4.79 Å². The van der Waals surface area contributed by atoms with Crippen molar-refractivity contribution >= 4 is 39.2 Å². The molecule has 1 aliphatic rings. The summed E-state index contributed by atoms with van der Waals surface area (Å²) in [6, 6.07) is 5.18. The van der Waals surface area contributed by atoms with Crippen molar-refractivity contribution in [3.8, 4) is 0 Å². The van der Waals surface area contributed by atoms with Crippen LogP contribution in [-0.2, 0) is 16.1 Å². The number of aromatic nitrogens is 4. The first-order valence-electron chi connectivity index (χ1n) is 11.1. The highest BCUT2D eigenvalue weighted by molar-refractivity contribution is 9.10. The molecule has 33 heavy (non-hydrogen) atoms. The largest absolute Gasteiger partial charge is 0.619 e. The number of carbonyl (C=O) groups is 1. The van der Waals surface area contributed by atoms with E-state index in [4.69, 9.17) is 15.5 Å². The molecule has 4 rings (SSSR count). The molecule has 0 aromatic carbocycles. The maximum Gasteiger partial charge on any atom is 0.322 e. The third-order valence-corrected chi connectivity index (χ3v) is 6.27. The highest BCUT2D eigenvalue weighted by Gasteiger charge is 2.25. The summed E-state index contributed by atoms with van der Waals surface area (Å²) in [5.74, 6) is 1.22. The fraction of sp³-hybridized carbons (Fsp3) is 0.455. The Labute approximate surface area is 200 Å². The first-order chi connectivity index (χ1) is 15.9. The molecule has 0 amide bonds. The van der Waals surface area contributed by atoms with Crippen LogP contribution in [0.15, 0.2) is 41.3 Å². The Balaban J connectivity index is 1.56. The second-order valence-corrected chi connectivity index (χ2v) is 9.10. The van der Waals surface area contributed by atoms with E-state index in [0.717, 1.165) is 52.2 Å². The zero-order valence-electron chi connectivity index (χ0n) is 18.5. The number of hydrogen-bond acceptors (Lipinski definition) is 8. The molecule has 4 heterocycles. The molecule has 176 valence electrons. The van der Waals surface area contributed by atoms with E-state index in [0.29, 0.717) is 25.2 Å². The Morgan fingerprint density at radius 1 is 1.48 bits per heavy atom. The van der Waals surface area contributed by atoms with Crippen molar-refractivity contribution in [1.82, 2.24) is 14.6 Å². The number of anilines is 2. The number of nitrogens with zero attached hydrogens (tertiary/aromatic N) is 5. The van der Waals surface area contributed by atoms with E-state index in [-0.39, 0.29) is 12.0 Å². The number of nitrogens with two attached hydrogens (primary N) is 1. The average Bonchev–Trinajstić information content (AvgIpc) is 3.18. The lowest BCUT2D eigenvalue weighted by Crippen LogP contribution is -2.41. The quantitative estimate of drug-likeness (QED) is 0.265. The highest BCUT2D eigenvalue weighted by Crippen LogP contribution is 2.30. The van der Waals surface area contributed by atoms with E-state index in [2.05, 4.69) is 31.2 Å². The summed E-state index contributed by atoms with van der Waals surface area (Å²) in [4.78, 5) is 18.9. The second kappa shape index (κ2) is 10.3. The minimum absolute atomic E-state index is 0.206. The Morgan fingerprint density at radius 3 is 3.12 bits per heavy atom. The molecule has 1 saturated heterocycles. The second-order valence-electron chi connectivity index (χ2n) is 8.24. The van der Waals surface area contributed by atoms with Gasteiger partial charge >= 0.3 is 5.97 Å². The first kappa shape index (κ1) is 23.2. The van der Waals surface area contributed by atoms with Gasteiger partial charge in [0, 0.05) is 43.2 Å². The van der Waals surface area contributed by atoms with Crippen LogP contribution in [0.2, 0.25) is 0 Å². The van der Waals surface area contributed by atoms with Gasteiger partial charge < -0.3 is 25.9 Å². The number of esters is 1. The molecule has 11 heteroatoms. The summed E-state index contributed by atoms with van der Waals surface area (Å²) in [5.41, 5.74) is 7.15. The van der Waals surface area contributed by atoms with Crippen LogP contribution in [0.25, 0.3) is 5.65 Å². The van der Waals surface area contributed by atoms with Crippen molar-refractivity contribution in [3.05, 3.63) is 52.0 Å². The van der Waals surface area contributed by atoms with E-state index in [9.17, 15) is 10.0 Å². The summed E-state index contributed by atoms with van der Waals surface area (Å²) in [7, 11) is 0. The molecule has 1 fully saturated rings. The SMILES string of the molecule is C[C@@H](N)C(=O)OCC[C@@H]1CCCCN1c1cc(NCc2ccc[n+]([O-])c2)n2ncc(Br)c2n1. The van der Waals surface area contributed by atoms with Gasteiger partial charge in [0.1, 0.15) is 17.7 Å². The van der Waals surface area contributed by atoms with Crippen LogP contribution >= 0.6 is 15.9 Å². The summed E-state index contributed by atoms with van der Waals surface area (Å²) in [6.07, 6.45) is 8.61. The number of halogens is 1. The van der Waals surface area contributed by atoms with Crippen LogP contribution in [0.5, 0.6) is 0 Å². The predicted octanol–water partition coefficient (Wildman–Crippen LogP) is 2.38. The van der Waals surface area contributed by atoms with Crippen molar-refractivity contribution in [1.29, 1.82) is 0 Å². The number of ether oxygens (including phenoxy) is 1. The number of piperidine rings is 1. The molecule has 0 unspecified atom stereocenters. The van der Waals surface area contributed by atoms with Crippen molar-refractivity contribution in [2.75, 3.05) is 23.4 Å². The average molecular weight is 518 g/mol. The number of hydrogen-bond donors (Lipinski definition) is 2. The molecule has 0 bridgehead atoms. The number of fused-ring (bicyclic) bond motifs is 1. The summed E-state index contributed by atoms with van der Waals surface area (Å²) < 4.78 is 8.64. The summed E-state index contributed by atoms with van der Waals surface area (Å²) in [6.45, 7) is 3.29. The predicted molar refractivity (Wildman–Crippen MR) is 128 cm³/mol. The van der Waals surface area contributed by atoms with Crippen LogP contribution in [0.3, 0.4) is 0 Å². The normalized spacial score (nSPS) is 17.2. The van der Waals surface area contributed by atoms with Crippen LogP contribution in [0.4, 0.5) is 11.6 Å². The number of nitrogens with one attached hydrogen (secondary N) is 1.